The van der Waals surface area contributed by atoms with E-state index in [1.807, 2.05) is 30.3 Å². The molecule has 0 aromatic heterocycles. The highest BCUT2D eigenvalue weighted by Gasteiger charge is 2.23. The van der Waals surface area contributed by atoms with Crippen molar-refractivity contribution < 1.29 is 19.1 Å². The summed E-state index contributed by atoms with van der Waals surface area (Å²) in [4.78, 5) is 25.7. The molecule has 0 fully saturated rings. The molecule has 0 radical (unpaired) electrons. The van der Waals surface area contributed by atoms with E-state index in [0.717, 1.165) is 5.30 Å². The minimum Gasteiger partial charge on any atom is -0.497 e. The van der Waals surface area contributed by atoms with E-state index >= 15 is 0 Å². The quantitative estimate of drug-likeness (QED) is 0.432. The lowest BCUT2D eigenvalue weighted by atomic mass is 10.2. The van der Waals surface area contributed by atoms with Crippen LogP contribution in [0.3, 0.4) is 0 Å². The third-order valence-electron chi connectivity index (χ3n) is 3.95. The van der Waals surface area contributed by atoms with Crippen molar-refractivity contribution in [3.63, 3.8) is 0 Å². The Hall–Kier alpha value is -2.27. The minimum absolute atomic E-state index is 0.0716. The number of benzene rings is 3. The first-order valence-corrected chi connectivity index (χ1v) is 12.9. The zero-order chi connectivity index (χ0) is 20.6. The second-order valence-electron chi connectivity index (χ2n) is 5.81. The number of hydrogen-bond donors (Lipinski definition) is 0. The Balaban J connectivity index is 1.78. The van der Waals surface area contributed by atoms with Gasteiger partial charge in [-0.1, -0.05) is 30.3 Å². The van der Waals surface area contributed by atoms with E-state index in [1.165, 1.54) is 22.8 Å². The molecule has 0 atom stereocenters. The van der Waals surface area contributed by atoms with Crippen LogP contribution in [0.4, 0.5) is 0 Å². The average molecular weight is 442 g/mol. The first-order chi connectivity index (χ1) is 14.1. The topological polar surface area (TPSA) is 52.6 Å². The third kappa shape index (κ3) is 5.86. The van der Waals surface area contributed by atoms with Crippen LogP contribution in [0.2, 0.25) is 0 Å². The molecule has 3 rings (SSSR count). The molecule has 0 saturated carbocycles. The fourth-order valence-electron chi connectivity index (χ4n) is 2.38. The maximum Gasteiger partial charge on any atom is 0.224 e. The van der Waals surface area contributed by atoms with E-state index in [2.05, 4.69) is 0 Å². The normalized spacial score (nSPS) is 10.6. The predicted octanol–water partition coefficient (Wildman–Crippen LogP) is 5.79. The fourth-order valence-corrected chi connectivity index (χ4v) is 8.40. The summed E-state index contributed by atoms with van der Waals surface area (Å²) in [6, 6.07) is 23.6. The highest BCUT2D eigenvalue weighted by Crippen LogP contribution is 2.61. The van der Waals surface area contributed by atoms with Crippen molar-refractivity contribution >= 4 is 44.6 Å². The molecule has 3 aromatic carbocycles. The van der Waals surface area contributed by atoms with E-state index < -0.39 is 6.33 Å². The van der Waals surface area contributed by atoms with Crippen molar-refractivity contribution in [3.05, 3.63) is 90.0 Å². The fraction of sp³-hybridized carbons (Fsp3) is 0.0909. The van der Waals surface area contributed by atoms with E-state index in [9.17, 15) is 9.59 Å². The number of rotatable bonds is 7. The number of ether oxygens (including phenoxy) is 2. The molecule has 0 amide bonds. The maximum absolute atomic E-state index is 12.8. The largest absolute Gasteiger partial charge is 0.497 e. The van der Waals surface area contributed by atoms with Gasteiger partial charge in [0.2, 0.25) is 10.2 Å². The molecule has 0 heterocycles. The van der Waals surface area contributed by atoms with Crippen molar-refractivity contribution in [1.82, 2.24) is 0 Å². The second kappa shape index (κ2) is 10.5. The lowest BCUT2D eigenvalue weighted by Gasteiger charge is -2.15. The molecule has 0 spiro atoms. The van der Waals surface area contributed by atoms with Gasteiger partial charge in [-0.05, 0) is 76.6 Å². The Morgan fingerprint density at radius 3 is 1.45 bits per heavy atom. The van der Waals surface area contributed by atoms with Gasteiger partial charge in [-0.15, -0.1) is 0 Å². The summed E-state index contributed by atoms with van der Waals surface area (Å²) in [5.74, 6) is 1.39. The van der Waals surface area contributed by atoms with Crippen molar-refractivity contribution in [2.24, 2.45) is 0 Å². The minimum atomic E-state index is -1.13. The average Bonchev–Trinajstić information content (AvgIpc) is 2.79. The molecule has 3 aromatic rings. The smallest absolute Gasteiger partial charge is 0.224 e. The SMILES string of the molecule is COc1ccc(C(=O)SP(SC(=O)c2ccc(OC)cc2)c2ccccc2)cc1. The molecule has 0 unspecified atom stereocenters. The summed E-state index contributed by atoms with van der Waals surface area (Å²) in [7, 11) is 3.17. The lowest BCUT2D eigenvalue weighted by Crippen LogP contribution is -2.02. The molecule has 29 heavy (non-hydrogen) atoms. The second-order valence-corrected chi connectivity index (χ2v) is 11.9. The van der Waals surface area contributed by atoms with Gasteiger partial charge in [-0.2, -0.15) is 0 Å². The number of methoxy groups -OCH3 is 2. The Morgan fingerprint density at radius 2 is 1.07 bits per heavy atom. The van der Waals surface area contributed by atoms with Crippen molar-refractivity contribution in [3.8, 4) is 11.5 Å². The molecular weight excluding hydrogens is 423 g/mol. The number of carbonyl (C=O) groups excluding carboxylic acids is 2. The highest BCUT2D eigenvalue weighted by atomic mass is 33.1. The first kappa shape index (κ1) is 21.4. The molecule has 0 N–H and O–H groups in total. The summed E-state index contributed by atoms with van der Waals surface area (Å²) in [5, 5.41) is 0.830. The van der Waals surface area contributed by atoms with Gasteiger partial charge in [-0.25, -0.2) is 0 Å². The summed E-state index contributed by atoms with van der Waals surface area (Å²) < 4.78 is 10.3. The van der Waals surface area contributed by atoms with Crippen LogP contribution in [-0.4, -0.2) is 24.5 Å². The summed E-state index contributed by atoms with van der Waals surface area (Å²) >= 11 is 2.40. The van der Waals surface area contributed by atoms with Gasteiger partial charge in [0, 0.05) is 11.1 Å². The number of carbonyl (C=O) groups is 2. The molecule has 0 bridgehead atoms. The highest BCUT2D eigenvalue weighted by molar-refractivity contribution is 8.96. The predicted molar refractivity (Wildman–Crippen MR) is 123 cm³/mol. The molecule has 0 aliphatic heterocycles. The van der Waals surface area contributed by atoms with Crippen LogP contribution in [0.15, 0.2) is 78.9 Å². The molecule has 4 nitrogen and oxygen atoms in total. The van der Waals surface area contributed by atoms with Crippen LogP contribution in [-0.2, 0) is 0 Å². The van der Waals surface area contributed by atoms with Crippen LogP contribution in [0.25, 0.3) is 0 Å². The summed E-state index contributed by atoms with van der Waals surface area (Å²) in [6.07, 6.45) is -1.13. The van der Waals surface area contributed by atoms with Crippen molar-refractivity contribution in [2.75, 3.05) is 14.2 Å². The van der Waals surface area contributed by atoms with E-state index in [0.29, 0.717) is 22.6 Å². The third-order valence-corrected chi connectivity index (χ3v) is 10.4. The molecule has 0 aliphatic carbocycles. The van der Waals surface area contributed by atoms with Gasteiger partial charge in [0.1, 0.15) is 11.5 Å². The van der Waals surface area contributed by atoms with E-state index in [4.69, 9.17) is 9.47 Å². The Bertz CT molecular complexity index is 899. The van der Waals surface area contributed by atoms with E-state index in [1.54, 1.807) is 62.8 Å². The number of hydrogen-bond acceptors (Lipinski definition) is 6. The van der Waals surface area contributed by atoms with Crippen LogP contribution in [0, 0.1) is 0 Å². The molecule has 7 heteroatoms. The Morgan fingerprint density at radius 1 is 0.655 bits per heavy atom. The van der Waals surface area contributed by atoms with Crippen LogP contribution in [0.5, 0.6) is 11.5 Å². The van der Waals surface area contributed by atoms with E-state index in [-0.39, 0.29) is 10.2 Å². The van der Waals surface area contributed by atoms with Gasteiger partial charge in [-0.3, -0.25) is 9.59 Å². The lowest BCUT2D eigenvalue weighted by molar-refractivity contribution is 0.108. The van der Waals surface area contributed by atoms with Gasteiger partial charge in [0.15, 0.2) is 0 Å². The molecule has 0 saturated heterocycles. The summed E-state index contributed by atoms with van der Waals surface area (Å²) in [6.45, 7) is 0. The van der Waals surface area contributed by atoms with Crippen LogP contribution >= 0.6 is 29.1 Å². The van der Waals surface area contributed by atoms with Gasteiger partial charge in [0.05, 0.1) is 20.5 Å². The summed E-state index contributed by atoms with van der Waals surface area (Å²) in [5.41, 5.74) is 1.16. The van der Waals surface area contributed by atoms with Crippen LogP contribution < -0.4 is 14.8 Å². The van der Waals surface area contributed by atoms with Gasteiger partial charge < -0.3 is 9.47 Å². The van der Waals surface area contributed by atoms with Gasteiger partial charge >= 0.3 is 0 Å². The zero-order valence-electron chi connectivity index (χ0n) is 15.9. The monoisotopic (exact) mass is 442 g/mol. The van der Waals surface area contributed by atoms with Crippen LogP contribution in [0.1, 0.15) is 20.7 Å². The first-order valence-electron chi connectivity index (χ1n) is 8.68. The molecule has 0 aliphatic rings. The Labute approximate surface area is 179 Å². The Kier molecular flexibility index (Phi) is 7.76. The standard InChI is InChI=1S/C22H19O4PS2/c1-25-18-12-8-16(9-13-18)21(23)28-27(20-6-4-3-5-7-20)29-22(24)17-10-14-19(26-2)15-11-17/h3-15H,1-2H3. The van der Waals surface area contributed by atoms with Crippen molar-refractivity contribution in [1.29, 1.82) is 0 Å². The maximum atomic E-state index is 12.8. The molecule has 148 valence electrons. The molecular formula is C22H19O4PS2. The zero-order valence-corrected chi connectivity index (χ0v) is 18.4. The van der Waals surface area contributed by atoms with Crippen molar-refractivity contribution in [2.45, 2.75) is 0 Å². The van der Waals surface area contributed by atoms with Gasteiger partial charge in [0.25, 0.3) is 0 Å².